The Morgan fingerprint density at radius 1 is 1.30 bits per heavy atom. The number of nitrogens with one attached hydrogen (secondary N) is 1. The first-order valence-electron chi connectivity index (χ1n) is 5.25. The van der Waals surface area contributed by atoms with Gasteiger partial charge in [0.25, 0.3) is 11.8 Å². The van der Waals surface area contributed by atoms with E-state index >= 15 is 0 Å². The maximum atomic E-state index is 12.8. The Hall–Kier alpha value is -1.54. The van der Waals surface area contributed by atoms with Gasteiger partial charge in [-0.2, -0.15) is 8.78 Å². The van der Waals surface area contributed by atoms with Crippen LogP contribution in [0.3, 0.4) is 0 Å². The van der Waals surface area contributed by atoms with Crippen LogP contribution in [0.4, 0.5) is 17.6 Å². The number of ether oxygens (including phenoxy) is 1. The van der Waals surface area contributed by atoms with Gasteiger partial charge >= 0.3 is 6.61 Å². The fraction of sp³-hybridized carbons (Fsp3) is 0.364. The zero-order valence-electron chi connectivity index (χ0n) is 10.1. The standard InChI is InChI=1S/C11H12F4N2O2.ClH/c12-10(13)19-8-3-1-7(2-4-8)9(18)17-6-11(14,15)5-16;/h1-4,10H,5-6,16H2,(H,17,18);1H. The minimum absolute atomic E-state index is 0. The van der Waals surface area contributed by atoms with Gasteiger partial charge in [-0.1, -0.05) is 0 Å². The van der Waals surface area contributed by atoms with Crippen molar-refractivity contribution < 1.29 is 27.1 Å². The van der Waals surface area contributed by atoms with Crippen LogP contribution in [0.15, 0.2) is 24.3 Å². The zero-order chi connectivity index (χ0) is 14.5. The molecule has 4 nitrogen and oxygen atoms in total. The Balaban J connectivity index is 0.00000361. The maximum absolute atomic E-state index is 12.8. The van der Waals surface area contributed by atoms with E-state index in [0.717, 1.165) is 12.1 Å². The van der Waals surface area contributed by atoms with Gasteiger partial charge in [-0.3, -0.25) is 4.79 Å². The van der Waals surface area contributed by atoms with Gasteiger partial charge < -0.3 is 15.8 Å². The van der Waals surface area contributed by atoms with E-state index in [-0.39, 0.29) is 23.7 Å². The van der Waals surface area contributed by atoms with E-state index in [2.05, 4.69) is 4.74 Å². The zero-order valence-corrected chi connectivity index (χ0v) is 10.9. The molecule has 20 heavy (non-hydrogen) atoms. The first kappa shape index (κ1) is 18.5. The van der Waals surface area contributed by atoms with Gasteiger partial charge in [0.1, 0.15) is 5.75 Å². The number of alkyl halides is 4. The van der Waals surface area contributed by atoms with Crippen LogP contribution in [-0.4, -0.2) is 31.5 Å². The molecule has 0 aromatic heterocycles. The van der Waals surface area contributed by atoms with E-state index < -0.39 is 31.5 Å². The summed E-state index contributed by atoms with van der Waals surface area (Å²) in [4.78, 5) is 11.5. The SMILES string of the molecule is Cl.NCC(F)(F)CNC(=O)c1ccc(OC(F)F)cc1. The summed E-state index contributed by atoms with van der Waals surface area (Å²) in [6.45, 7) is -4.74. The highest BCUT2D eigenvalue weighted by atomic mass is 35.5. The van der Waals surface area contributed by atoms with E-state index in [1.54, 1.807) is 0 Å². The number of benzene rings is 1. The molecule has 0 spiro atoms. The Bertz CT molecular complexity index is 429. The van der Waals surface area contributed by atoms with Crippen molar-refractivity contribution >= 4 is 18.3 Å². The van der Waals surface area contributed by atoms with E-state index in [4.69, 9.17) is 5.73 Å². The third-order valence-corrected chi connectivity index (χ3v) is 2.15. The summed E-state index contributed by atoms with van der Waals surface area (Å²) in [5, 5.41) is 1.99. The van der Waals surface area contributed by atoms with E-state index in [9.17, 15) is 22.4 Å². The van der Waals surface area contributed by atoms with Crippen LogP contribution < -0.4 is 15.8 Å². The molecule has 0 fully saturated rings. The molecule has 0 aliphatic carbocycles. The van der Waals surface area contributed by atoms with Crippen molar-refractivity contribution in [3.05, 3.63) is 29.8 Å². The molecule has 1 amide bonds. The Kier molecular flexibility index (Phi) is 7.30. The number of hydrogen-bond donors (Lipinski definition) is 2. The average molecular weight is 317 g/mol. The van der Waals surface area contributed by atoms with Crippen LogP contribution in [-0.2, 0) is 0 Å². The summed E-state index contributed by atoms with van der Waals surface area (Å²) in [5.74, 6) is -4.07. The van der Waals surface area contributed by atoms with Crippen molar-refractivity contribution in [2.45, 2.75) is 12.5 Å². The molecule has 0 atom stereocenters. The smallest absolute Gasteiger partial charge is 0.387 e. The van der Waals surface area contributed by atoms with Crippen molar-refractivity contribution in [1.29, 1.82) is 0 Å². The summed E-state index contributed by atoms with van der Waals surface area (Å²) in [7, 11) is 0. The van der Waals surface area contributed by atoms with E-state index in [1.807, 2.05) is 5.32 Å². The summed E-state index contributed by atoms with van der Waals surface area (Å²) in [6, 6.07) is 4.66. The molecule has 1 aromatic carbocycles. The van der Waals surface area contributed by atoms with Crippen molar-refractivity contribution in [1.82, 2.24) is 5.32 Å². The maximum Gasteiger partial charge on any atom is 0.387 e. The van der Waals surface area contributed by atoms with Crippen molar-refractivity contribution in [3.63, 3.8) is 0 Å². The Morgan fingerprint density at radius 2 is 1.85 bits per heavy atom. The molecule has 114 valence electrons. The van der Waals surface area contributed by atoms with Gasteiger partial charge in [-0.15, -0.1) is 12.4 Å². The molecular formula is C11H13ClF4N2O2. The highest BCUT2D eigenvalue weighted by Crippen LogP contribution is 2.15. The summed E-state index contributed by atoms with van der Waals surface area (Å²) in [6.07, 6.45) is 0. The second-order valence-electron chi connectivity index (χ2n) is 3.65. The topological polar surface area (TPSA) is 64.3 Å². The van der Waals surface area contributed by atoms with Gasteiger partial charge in [0.2, 0.25) is 0 Å². The van der Waals surface area contributed by atoms with Gasteiger partial charge in [0.15, 0.2) is 0 Å². The first-order valence-corrected chi connectivity index (χ1v) is 5.25. The number of nitrogens with two attached hydrogens (primary N) is 1. The highest BCUT2D eigenvalue weighted by molar-refractivity contribution is 5.94. The average Bonchev–Trinajstić information content (AvgIpc) is 2.36. The van der Waals surface area contributed by atoms with Crippen LogP contribution in [0.1, 0.15) is 10.4 Å². The van der Waals surface area contributed by atoms with Crippen LogP contribution in [0.25, 0.3) is 0 Å². The number of carbonyl (C=O) groups excluding carboxylic acids is 1. The van der Waals surface area contributed by atoms with Crippen LogP contribution >= 0.6 is 12.4 Å². The highest BCUT2D eigenvalue weighted by Gasteiger charge is 2.27. The van der Waals surface area contributed by atoms with Crippen LogP contribution in [0.5, 0.6) is 5.75 Å². The second-order valence-corrected chi connectivity index (χ2v) is 3.65. The number of halogens is 5. The predicted molar refractivity (Wildman–Crippen MR) is 66.7 cm³/mol. The number of carbonyl (C=O) groups is 1. The monoisotopic (exact) mass is 316 g/mol. The van der Waals surface area contributed by atoms with Gasteiger partial charge in [0, 0.05) is 5.56 Å². The molecule has 0 aliphatic rings. The molecule has 0 heterocycles. The third-order valence-electron chi connectivity index (χ3n) is 2.15. The minimum Gasteiger partial charge on any atom is -0.435 e. The lowest BCUT2D eigenvalue weighted by Gasteiger charge is -2.14. The molecule has 0 bridgehead atoms. The van der Waals surface area contributed by atoms with Crippen LogP contribution in [0.2, 0.25) is 0 Å². The minimum atomic E-state index is -3.19. The number of amides is 1. The molecule has 9 heteroatoms. The van der Waals surface area contributed by atoms with Crippen molar-refractivity contribution in [2.75, 3.05) is 13.1 Å². The lowest BCUT2D eigenvalue weighted by atomic mass is 10.2. The largest absolute Gasteiger partial charge is 0.435 e. The van der Waals surface area contributed by atoms with Crippen molar-refractivity contribution in [3.8, 4) is 5.75 Å². The summed E-state index contributed by atoms with van der Waals surface area (Å²) in [5.41, 5.74) is 4.86. The predicted octanol–water partition coefficient (Wildman–Crippen LogP) is 2.03. The quantitative estimate of drug-likeness (QED) is 0.789. The summed E-state index contributed by atoms with van der Waals surface area (Å²) >= 11 is 0. The molecule has 0 unspecified atom stereocenters. The Labute approximate surface area is 118 Å². The van der Waals surface area contributed by atoms with Crippen molar-refractivity contribution in [2.24, 2.45) is 5.73 Å². The Morgan fingerprint density at radius 3 is 2.30 bits per heavy atom. The molecule has 0 radical (unpaired) electrons. The number of hydrogen-bond acceptors (Lipinski definition) is 3. The molecule has 3 N–H and O–H groups in total. The summed E-state index contributed by atoms with van der Waals surface area (Å²) < 4.78 is 53.4. The molecule has 0 aliphatic heterocycles. The second kappa shape index (κ2) is 7.91. The number of rotatable bonds is 6. The molecule has 1 rings (SSSR count). The fourth-order valence-corrected chi connectivity index (χ4v) is 1.17. The molecule has 0 saturated carbocycles. The lowest BCUT2D eigenvalue weighted by molar-refractivity contribution is -0.0498. The molecule has 0 saturated heterocycles. The van der Waals surface area contributed by atoms with Gasteiger partial charge in [0.05, 0.1) is 13.1 Å². The lowest BCUT2D eigenvalue weighted by Crippen LogP contribution is -2.41. The van der Waals surface area contributed by atoms with Gasteiger partial charge in [-0.25, -0.2) is 8.78 Å². The first-order chi connectivity index (χ1) is 8.84. The normalized spacial score (nSPS) is 10.9. The molecular weight excluding hydrogens is 304 g/mol. The van der Waals surface area contributed by atoms with E-state index in [1.165, 1.54) is 12.1 Å². The van der Waals surface area contributed by atoms with E-state index in [0.29, 0.717) is 0 Å². The molecule has 1 aromatic rings. The van der Waals surface area contributed by atoms with Gasteiger partial charge in [-0.05, 0) is 24.3 Å². The fourth-order valence-electron chi connectivity index (χ4n) is 1.17. The van der Waals surface area contributed by atoms with Crippen LogP contribution in [0, 0.1) is 0 Å². The third kappa shape index (κ3) is 6.07.